The molecule has 26 heteroatoms. The maximum Gasteiger partial charge on any atom is 0.296 e. The predicted molar refractivity (Wildman–Crippen MR) is 183 cm³/mol. The van der Waals surface area contributed by atoms with Gasteiger partial charge < -0.3 is 15.7 Å². The molecule has 4 aromatic rings. The Morgan fingerprint density at radius 3 is 1.94 bits per heavy atom. The molecule has 0 aliphatic heterocycles. The number of anilines is 4. The largest absolute Gasteiger partial charge is 0.494 e. The quantitative estimate of drug-likeness (QED) is 0.0721. The van der Waals surface area contributed by atoms with E-state index in [0.717, 1.165) is 28.8 Å². The number of hydrogen-bond acceptors (Lipinski definition) is 15. The van der Waals surface area contributed by atoms with E-state index in [1.807, 2.05) is 0 Å². The van der Waals surface area contributed by atoms with Crippen LogP contribution < -0.4 is 16.2 Å². The molecule has 0 fully saturated rings. The van der Waals surface area contributed by atoms with Crippen molar-refractivity contribution in [1.82, 2.24) is 19.5 Å². The first kappa shape index (κ1) is 46.4. The number of azo groups is 1. The number of nitrogens with zero attached hydrogens (tertiary/aromatic N) is 6. The summed E-state index contributed by atoms with van der Waals surface area (Å²) in [4.78, 5) is 23.7. The molecule has 0 atom stereocenters. The van der Waals surface area contributed by atoms with Crippen molar-refractivity contribution >= 4 is 165 Å². The maximum absolute atomic E-state index is 13.0. The molecule has 6 N–H and O–H groups in total. The van der Waals surface area contributed by atoms with Crippen LogP contribution in [0.5, 0.6) is 5.88 Å². The van der Waals surface area contributed by atoms with Crippen LogP contribution >= 0.6 is 11.6 Å². The van der Waals surface area contributed by atoms with Crippen molar-refractivity contribution in [3.05, 3.63) is 69.2 Å². The van der Waals surface area contributed by atoms with Crippen LogP contribution in [0.1, 0.15) is 18.1 Å². The number of nitrogens with one attached hydrogen (secondary N) is 2. The second kappa shape index (κ2) is 18.4. The third kappa shape index (κ3) is 12.0. The van der Waals surface area contributed by atoms with Crippen molar-refractivity contribution in [2.45, 2.75) is 35.9 Å². The van der Waals surface area contributed by atoms with Gasteiger partial charge in [-0.2, -0.15) is 40.2 Å². The molecule has 0 aliphatic rings. The van der Waals surface area contributed by atoms with Gasteiger partial charge in [0.05, 0.1) is 4.90 Å². The van der Waals surface area contributed by atoms with Crippen LogP contribution in [0.3, 0.4) is 0 Å². The first-order chi connectivity index (χ1) is 21.8. The molecule has 0 amide bonds. The molecule has 253 valence electrons. The van der Waals surface area contributed by atoms with Gasteiger partial charge in [-0.1, -0.05) is 6.07 Å². The summed E-state index contributed by atoms with van der Waals surface area (Å²) in [5.41, 5.74) is -2.26. The van der Waals surface area contributed by atoms with Crippen molar-refractivity contribution in [2.24, 2.45) is 10.2 Å². The summed E-state index contributed by atoms with van der Waals surface area (Å²) in [5, 5.41) is 23.1. The summed E-state index contributed by atoms with van der Waals surface area (Å²) in [6.07, 6.45) is 0. The summed E-state index contributed by atoms with van der Waals surface area (Å²) >= 11 is 6.01. The minimum Gasteiger partial charge on any atom is -0.494 e. The average Bonchev–Trinajstić information content (AvgIpc) is 2.94. The van der Waals surface area contributed by atoms with Gasteiger partial charge in [-0.15, -0.1) is 10.2 Å². The van der Waals surface area contributed by atoms with Gasteiger partial charge in [0.25, 0.3) is 35.9 Å². The molecular weight excluding hydrogens is 777 g/mol. The number of halogens is 1. The van der Waals surface area contributed by atoms with Gasteiger partial charge in [0.2, 0.25) is 17.2 Å². The molecule has 0 spiro atoms. The third-order valence-corrected chi connectivity index (χ3v) is 8.74. The average molecular weight is 800 g/mol. The Kier molecular flexibility index (Phi) is 17.1. The fourth-order valence-electron chi connectivity index (χ4n) is 4.07. The van der Waals surface area contributed by atoms with Crippen LogP contribution in [0.4, 0.5) is 34.6 Å². The van der Waals surface area contributed by atoms with Gasteiger partial charge in [0.1, 0.15) is 16.3 Å². The van der Waals surface area contributed by atoms with E-state index in [0.29, 0.717) is 0 Å². The molecule has 0 saturated heterocycles. The van der Waals surface area contributed by atoms with Crippen LogP contribution in [0.2, 0.25) is 5.28 Å². The van der Waals surface area contributed by atoms with E-state index in [1.165, 1.54) is 32.0 Å². The molecule has 0 saturated carbocycles. The van der Waals surface area contributed by atoms with Crippen LogP contribution in [0.15, 0.2) is 67.3 Å². The number of aromatic hydroxyl groups is 1. The Balaban J connectivity index is 0.00000417. The number of aromatic nitrogens is 4. The molecule has 2 aromatic carbocycles. The molecule has 0 bridgehead atoms. The number of pyridine rings is 1. The summed E-state index contributed by atoms with van der Waals surface area (Å²) in [7, 11) is -14.1. The van der Waals surface area contributed by atoms with E-state index in [9.17, 15) is 48.8 Å². The van der Waals surface area contributed by atoms with E-state index in [4.69, 9.17) is 11.6 Å². The second-order valence-electron chi connectivity index (χ2n) is 9.41. The van der Waals surface area contributed by atoms with Crippen molar-refractivity contribution < 1.29 is 44.0 Å². The van der Waals surface area contributed by atoms with Crippen molar-refractivity contribution in [3.63, 3.8) is 0 Å². The van der Waals surface area contributed by atoms with E-state index in [-0.39, 0.29) is 135 Å². The first-order valence-corrected chi connectivity index (χ1v) is 17.6. The summed E-state index contributed by atoms with van der Waals surface area (Å²) in [5.74, 6) is -2.19. The molecule has 3 radical (unpaired) electrons. The van der Waals surface area contributed by atoms with Crippen molar-refractivity contribution in [3.8, 4) is 5.88 Å². The van der Waals surface area contributed by atoms with Crippen LogP contribution in [-0.4, -0.2) is 152 Å². The SMILES string of the molecule is CCn1c(O)c(CS(=O)(=O)O)c(C)c(N=Nc2cc(Nc3nc(Cl)nc(Nc4cccc(S(=O)(=O)O)c4)n3)ccc2S(=O)(=O)O)c1=O.[Na].[Na].[Na]. The van der Waals surface area contributed by atoms with E-state index in [1.54, 1.807) is 0 Å². The van der Waals surface area contributed by atoms with Gasteiger partial charge in [-0.25, -0.2) is 0 Å². The zero-order valence-corrected chi connectivity index (χ0v) is 36.1. The number of rotatable bonds is 11. The Morgan fingerprint density at radius 1 is 0.840 bits per heavy atom. The van der Waals surface area contributed by atoms with Gasteiger partial charge in [-0.3, -0.25) is 23.0 Å². The minimum absolute atomic E-state index is 0. The summed E-state index contributed by atoms with van der Waals surface area (Å²) < 4.78 is 99.4. The van der Waals surface area contributed by atoms with Crippen LogP contribution in [0.25, 0.3) is 0 Å². The standard InChI is InChI=1S/C24H23ClN8O11S3.3Na/c1-3-33-20(34)16(11-45(36,37)38)12(2)19(21(33)35)32-31-17-10-14(7-8-18(17)47(42,43)44)27-24-29-22(25)28-23(30-24)26-13-5-4-6-15(9-13)46(39,40)41;;;/h4-10,34H,3,11H2,1-2H3,(H,36,37,38)(H,39,40,41)(H,42,43,44)(H2,26,27,28,29,30);;;. The van der Waals surface area contributed by atoms with Gasteiger partial charge in [0, 0.05) is 112 Å². The van der Waals surface area contributed by atoms with Crippen molar-refractivity contribution in [1.29, 1.82) is 0 Å². The summed E-state index contributed by atoms with van der Waals surface area (Å²) in [6, 6.07) is 8.23. The van der Waals surface area contributed by atoms with E-state index >= 15 is 0 Å². The number of benzene rings is 2. The molecule has 2 heterocycles. The molecule has 0 aliphatic carbocycles. The minimum atomic E-state index is -4.91. The third-order valence-electron chi connectivity index (χ3n) is 6.17. The molecule has 4 rings (SSSR count). The van der Waals surface area contributed by atoms with E-state index < -0.39 is 68.7 Å². The Hall–Kier alpha value is -1.58. The van der Waals surface area contributed by atoms with Gasteiger partial charge in [0.15, 0.2) is 11.6 Å². The maximum atomic E-state index is 13.0. The first-order valence-electron chi connectivity index (χ1n) is 12.7. The van der Waals surface area contributed by atoms with E-state index in [2.05, 4.69) is 35.8 Å². The summed E-state index contributed by atoms with van der Waals surface area (Å²) in [6.45, 7) is 2.55. The Bertz CT molecular complexity index is 2330. The van der Waals surface area contributed by atoms with Gasteiger partial charge in [-0.05, 0) is 67.4 Å². The van der Waals surface area contributed by atoms with Crippen molar-refractivity contribution in [2.75, 3.05) is 10.6 Å². The Labute approximate surface area is 356 Å². The topological polar surface area (TPSA) is 293 Å². The zero-order chi connectivity index (χ0) is 34.9. The molecule has 2 aromatic heterocycles. The zero-order valence-electron chi connectivity index (χ0n) is 26.9. The predicted octanol–water partition coefficient (Wildman–Crippen LogP) is 2.36. The molecule has 50 heavy (non-hydrogen) atoms. The molecular formula is C24H23ClN8Na3O11S3. The van der Waals surface area contributed by atoms with Gasteiger partial charge >= 0.3 is 0 Å². The van der Waals surface area contributed by atoms with Crippen LogP contribution in [-0.2, 0) is 42.7 Å². The second-order valence-corrected chi connectivity index (χ2v) is 14.0. The normalized spacial score (nSPS) is 11.6. The number of hydrogen-bond donors (Lipinski definition) is 6. The fourth-order valence-corrected chi connectivity index (χ4v) is 6.07. The smallest absolute Gasteiger partial charge is 0.296 e. The molecule has 0 unspecified atom stereocenters. The van der Waals surface area contributed by atoms with Crippen LogP contribution in [0, 0.1) is 6.92 Å². The fraction of sp³-hybridized carbons (Fsp3) is 0.167. The Morgan fingerprint density at radius 2 is 1.42 bits per heavy atom. The molecule has 19 nitrogen and oxygen atoms in total. The monoisotopic (exact) mass is 799 g/mol.